The van der Waals surface area contributed by atoms with E-state index in [1.54, 1.807) is 37.5 Å². The molecule has 22 heavy (non-hydrogen) atoms. The third-order valence-electron chi connectivity index (χ3n) is 3.15. The number of benzene rings is 2. The van der Waals surface area contributed by atoms with Crippen molar-refractivity contribution in [1.82, 2.24) is 4.98 Å². The molecule has 0 saturated heterocycles. The summed E-state index contributed by atoms with van der Waals surface area (Å²) in [5.41, 5.74) is 0.922. The molecule has 110 valence electrons. The van der Waals surface area contributed by atoms with E-state index in [1.807, 2.05) is 24.3 Å². The Balaban J connectivity index is 2.04. The Morgan fingerprint density at radius 1 is 1.18 bits per heavy atom. The van der Waals surface area contributed by atoms with E-state index in [0.29, 0.717) is 15.9 Å². The molecule has 4 nitrogen and oxygen atoms in total. The summed E-state index contributed by atoms with van der Waals surface area (Å²) in [6.45, 7) is 0. The fourth-order valence-corrected chi connectivity index (χ4v) is 2.26. The van der Waals surface area contributed by atoms with Crippen molar-refractivity contribution in [2.75, 3.05) is 7.11 Å². The van der Waals surface area contributed by atoms with Gasteiger partial charge in [0.2, 0.25) is 5.89 Å². The van der Waals surface area contributed by atoms with Crippen LogP contribution in [0.2, 0.25) is 5.02 Å². The highest BCUT2D eigenvalue weighted by molar-refractivity contribution is 6.31. The number of rotatable bonds is 3. The minimum absolute atomic E-state index is 0.214. The maximum absolute atomic E-state index is 11.9. The van der Waals surface area contributed by atoms with Gasteiger partial charge in [0.15, 0.2) is 0 Å². The molecular formula is C17H12ClNO3. The van der Waals surface area contributed by atoms with Gasteiger partial charge < -0.3 is 9.15 Å². The Hall–Kier alpha value is -2.59. The SMILES string of the molecule is COc1ccccc1C=Cc1nc2cc(Cl)ccc2c(=O)o1. The Kier molecular flexibility index (Phi) is 3.94. The van der Waals surface area contributed by atoms with Gasteiger partial charge in [0.25, 0.3) is 0 Å². The molecule has 0 fully saturated rings. The summed E-state index contributed by atoms with van der Waals surface area (Å²) in [5.74, 6) is 0.940. The Morgan fingerprint density at radius 3 is 2.82 bits per heavy atom. The zero-order chi connectivity index (χ0) is 15.5. The molecule has 1 heterocycles. The van der Waals surface area contributed by atoms with Gasteiger partial charge in [-0.3, -0.25) is 0 Å². The highest BCUT2D eigenvalue weighted by atomic mass is 35.5. The van der Waals surface area contributed by atoms with Gasteiger partial charge in [-0.25, -0.2) is 9.78 Å². The molecule has 0 aliphatic carbocycles. The van der Waals surface area contributed by atoms with E-state index in [0.717, 1.165) is 11.3 Å². The summed E-state index contributed by atoms with van der Waals surface area (Å²) in [6, 6.07) is 12.4. The lowest BCUT2D eigenvalue weighted by Gasteiger charge is -2.03. The molecule has 0 unspecified atom stereocenters. The van der Waals surface area contributed by atoms with E-state index in [2.05, 4.69) is 4.98 Å². The van der Waals surface area contributed by atoms with Crippen LogP contribution in [0.1, 0.15) is 11.5 Å². The molecule has 0 radical (unpaired) electrons. The van der Waals surface area contributed by atoms with Crippen LogP contribution in [0.4, 0.5) is 0 Å². The molecule has 0 aliphatic heterocycles. The molecular weight excluding hydrogens is 302 g/mol. The highest BCUT2D eigenvalue weighted by Crippen LogP contribution is 2.20. The monoisotopic (exact) mass is 313 g/mol. The maximum atomic E-state index is 11.9. The molecule has 1 aromatic heterocycles. The third kappa shape index (κ3) is 2.87. The van der Waals surface area contributed by atoms with Gasteiger partial charge in [0.05, 0.1) is 18.0 Å². The molecule has 0 aliphatic rings. The zero-order valence-electron chi connectivity index (χ0n) is 11.7. The standard InChI is InChI=1S/C17H12ClNO3/c1-21-15-5-3-2-4-11(15)6-9-16-19-14-10-12(18)7-8-13(14)17(20)22-16/h2-10H,1H3. The van der Waals surface area contributed by atoms with E-state index in [9.17, 15) is 4.79 Å². The van der Waals surface area contributed by atoms with Crippen molar-refractivity contribution in [3.8, 4) is 5.75 Å². The number of fused-ring (bicyclic) bond motifs is 1. The van der Waals surface area contributed by atoms with Crippen LogP contribution in [-0.4, -0.2) is 12.1 Å². The summed E-state index contributed by atoms with van der Waals surface area (Å²) in [4.78, 5) is 16.2. The van der Waals surface area contributed by atoms with E-state index >= 15 is 0 Å². The number of ether oxygens (including phenoxy) is 1. The first-order chi connectivity index (χ1) is 10.7. The summed E-state index contributed by atoms with van der Waals surface area (Å²) < 4.78 is 10.5. The molecule has 3 aromatic rings. The fraction of sp³-hybridized carbons (Fsp3) is 0.0588. The lowest BCUT2D eigenvalue weighted by Crippen LogP contribution is -2.02. The second-order valence-corrected chi connectivity index (χ2v) is 5.01. The van der Waals surface area contributed by atoms with Crippen LogP contribution in [0.3, 0.4) is 0 Å². The van der Waals surface area contributed by atoms with Crippen LogP contribution in [0.25, 0.3) is 23.1 Å². The number of halogens is 1. The normalized spacial score (nSPS) is 11.2. The second kappa shape index (κ2) is 6.03. The minimum atomic E-state index is -0.443. The average molecular weight is 314 g/mol. The van der Waals surface area contributed by atoms with Crippen LogP contribution >= 0.6 is 11.6 Å². The molecule has 3 rings (SSSR count). The third-order valence-corrected chi connectivity index (χ3v) is 3.39. The molecule has 0 bridgehead atoms. The minimum Gasteiger partial charge on any atom is -0.496 e. The predicted molar refractivity (Wildman–Crippen MR) is 87.2 cm³/mol. The van der Waals surface area contributed by atoms with Crippen molar-refractivity contribution in [2.24, 2.45) is 0 Å². The van der Waals surface area contributed by atoms with Crippen molar-refractivity contribution in [1.29, 1.82) is 0 Å². The topological polar surface area (TPSA) is 52.3 Å². The van der Waals surface area contributed by atoms with Gasteiger partial charge in [0.1, 0.15) is 5.75 Å². The highest BCUT2D eigenvalue weighted by Gasteiger charge is 2.05. The van der Waals surface area contributed by atoms with Crippen molar-refractivity contribution >= 4 is 34.7 Å². The molecule has 0 atom stereocenters. The number of methoxy groups -OCH3 is 1. The number of hydrogen-bond acceptors (Lipinski definition) is 4. The number of hydrogen-bond donors (Lipinski definition) is 0. The van der Waals surface area contributed by atoms with Crippen LogP contribution in [-0.2, 0) is 0 Å². The first-order valence-corrected chi connectivity index (χ1v) is 6.96. The van der Waals surface area contributed by atoms with E-state index in [1.165, 1.54) is 0 Å². The van der Waals surface area contributed by atoms with Gasteiger partial charge in [-0.05, 0) is 30.3 Å². The van der Waals surface area contributed by atoms with Gasteiger partial charge in [0, 0.05) is 16.7 Å². The number of para-hydroxylation sites is 1. The van der Waals surface area contributed by atoms with Crippen molar-refractivity contribution in [2.45, 2.75) is 0 Å². The fourth-order valence-electron chi connectivity index (χ4n) is 2.10. The van der Waals surface area contributed by atoms with Gasteiger partial charge >= 0.3 is 5.63 Å². The first-order valence-electron chi connectivity index (χ1n) is 6.59. The summed E-state index contributed by atoms with van der Waals surface area (Å²) in [6.07, 6.45) is 3.40. The summed E-state index contributed by atoms with van der Waals surface area (Å²) >= 11 is 5.93. The Labute approximate surface area is 131 Å². The largest absolute Gasteiger partial charge is 0.496 e. The zero-order valence-corrected chi connectivity index (χ0v) is 12.5. The second-order valence-electron chi connectivity index (χ2n) is 4.58. The van der Waals surface area contributed by atoms with Gasteiger partial charge in [-0.15, -0.1) is 0 Å². The van der Waals surface area contributed by atoms with Gasteiger partial charge in [-0.2, -0.15) is 0 Å². The van der Waals surface area contributed by atoms with Crippen molar-refractivity contribution in [3.63, 3.8) is 0 Å². The molecule has 0 spiro atoms. The summed E-state index contributed by atoms with van der Waals surface area (Å²) in [7, 11) is 1.60. The van der Waals surface area contributed by atoms with Crippen LogP contribution < -0.4 is 10.4 Å². The van der Waals surface area contributed by atoms with Crippen molar-refractivity contribution < 1.29 is 9.15 Å². The predicted octanol–water partition coefficient (Wildman–Crippen LogP) is 4.02. The lowest BCUT2D eigenvalue weighted by molar-refractivity contribution is 0.414. The van der Waals surface area contributed by atoms with Crippen LogP contribution in [0.5, 0.6) is 5.75 Å². The number of aromatic nitrogens is 1. The Morgan fingerprint density at radius 2 is 2.00 bits per heavy atom. The Bertz CT molecular complexity index is 915. The maximum Gasteiger partial charge on any atom is 0.347 e. The summed E-state index contributed by atoms with van der Waals surface area (Å²) in [5, 5.41) is 0.920. The average Bonchev–Trinajstić information content (AvgIpc) is 2.52. The van der Waals surface area contributed by atoms with E-state index in [4.69, 9.17) is 20.8 Å². The first kappa shape index (κ1) is 14.4. The van der Waals surface area contributed by atoms with Crippen LogP contribution in [0.15, 0.2) is 51.7 Å². The smallest absolute Gasteiger partial charge is 0.347 e. The van der Waals surface area contributed by atoms with E-state index in [-0.39, 0.29) is 5.89 Å². The van der Waals surface area contributed by atoms with Crippen LogP contribution in [0, 0.1) is 0 Å². The molecule has 2 aromatic carbocycles. The van der Waals surface area contributed by atoms with Crippen molar-refractivity contribution in [3.05, 3.63) is 69.4 Å². The molecule has 0 amide bonds. The van der Waals surface area contributed by atoms with E-state index < -0.39 is 5.63 Å². The molecule has 5 heteroatoms. The molecule has 0 N–H and O–H groups in total. The molecule has 0 saturated carbocycles. The van der Waals surface area contributed by atoms with Gasteiger partial charge in [-0.1, -0.05) is 29.8 Å². The number of nitrogens with zero attached hydrogens (tertiary/aromatic N) is 1. The quantitative estimate of drug-likeness (QED) is 0.733. The lowest BCUT2D eigenvalue weighted by atomic mass is 10.2.